The van der Waals surface area contributed by atoms with Gasteiger partial charge in [-0.15, -0.1) is 0 Å². The monoisotopic (exact) mass is 353 g/mol. The number of esters is 2. The van der Waals surface area contributed by atoms with Crippen LogP contribution in [0.5, 0.6) is 5.75 Å². The van der Waals surface area contributed by atoms with Crippen molar-refractivity contribution in [2.75, 3.05) is 18.6 Å². The molecule has 1 saturated heterocycles. The lowest BCUT2D eigenvalue weighted by molar-refractivity contribution is -0.139. The van der Waals surface area contributed by atoms with Gasteiger partial charge in [-0.2, -0.15) is 0 Å². The smallest absolute Gasteiger partial charge is 0.337 e. The topological polar surface area (TPSA) is 72.9 Å². The molecule has 1 fully saturated rings. The normalized spacial score (nSPS) is 16.5. The molecule has 6 heteroatoms. The Hall–Kier alpha value is -3.15. The third kappa shape index (κ3) is 3.59. The lowest BCUT2D eigenvalue weighted by atomic mass is 10.1. The number of carbonyl (C=O) groups excluding carboxylic acids is 3. The molecule has 1 atom stereocenters. The summed E-state index contributed by atoms with van der Waals surface area (Å²) in [5, 5.41) is 0. The Balaban J connectivity index is 1.67. The van der Waals surface area contributed by atoms with Crippen LogP contribution in [0.1, 0.15) is 22.3 Å². The summed E-state index contributed by atoms with van der Waals surface area (Å²) in [4.78, 5) is 37.8. The summed E-state index contributed by atoms with van der Waals surface area (Å²) < 4.78 is 9.98. The van der Waals surface area contributed by atoms with E-state index in [1.807, 2.05) is 31.2 Å². The number of hydrogen-bond donors (Lipinski definition) is 0. The molecule has 0 N–H and O–H groups in total. The van der Waals surface area contributed by atoms with Gasteiger partial charge in [-0.25, -0.2) is 4.79 Å². The molecule has 2 aromatic rings. The van der Waals surface area contributed by atoms with Gasteiger partial charge in [-0.1, -0.05) is 18.2 Å². The zero-order chi connectivity index (χ0) is 18.7. The molecule has 2 aromatic carbocycles. The van der Waals surface area contributed by atoms with Crippen molar-refractivity contribution < 1.29 is 23.9 Å². The van der Waals surface area contributed by atoms with E-state index in [1.54, 1.807) is 4.90 Å². The Morgan fingerprint density at radius 3 is 2.42 bits per heavy atom. The fourth-order valence-electron chi connectivity index (χ4n) is 2.94. The second kappa shape index (κ2) is 7.39. The van der Waals surface area contributed by atoms with Crippen molar-refractivity contribution in [3.8, 4) is 5.75 Å². The van der Waals surface area contributed by atoms with Gasteiger partial charge in [0.25, 0.3) is 0 Å². The highest BCUT2D eigenvalue weighted by Gasteiger charge is 2.36. The van der Waals surface area contributed by atoms with Crippen LogP contribution >= 0.6 is 0 Å². The third-order valence-electron chi connectivity index (χ3n) is 4.36. The molecule has 26 heavy (non-hydrogen) atoms. The van der Waals surface area contributed by atoms with Gasteiger partial charge in [-0.3, -0.25) is 9.59 Å². The van der Waals surface area contributed by atoms with Gasteiger partial charge in [-0.05, 0) is 42.8 Å². The van der Waals surface area contributed by atoms with Crippen molar-refractivity contribution >= 4 is 23.5 Å². The van der Waals surface area contributed by atoms with E-state index in [2.05, 4.69) is 4.74 Å². The van der Waals surface area contributed by atoms with Crippen LogP contribution in [0.2, 0.25) is 0 Å². The molecule has 0 saturated carbocycles. The molecule has 0 spiro atoms. The number of hydrogen-bond acceptors (Lipinski definition) is 5. The summed E-state index contributed by atoms with van der Waals surface area (Å²) in [6, 6.07) is 13.7. The van der Waals surface area contributed by atoms with Crippen molar-refractivity contribution in [1.29, 1.82) is 0 Å². The first-order valence-corrected chi connectivity index (χ1v) is 8.25. The minimum absolute atomic E-state index is 0.0951. The van der Waals surface area contributed by atoms with Gasteiger partial charge in [0.1, 0.15) is 5.75 Å². The Morgan fingerprint density at radius 1 is 1.08 bits per heavy atom. The lowest BCUT2D eigenvalue weighted by Crippen LogP contribution is -2.27. The van der Waals surface area contributed by atoms with Crippen LogP contribution in [0.15, 0.2) is 48.5 Å². The fourth-order valence-corrected chi connectivity index (χ4v) is 2.94. The van der Waals surface area contributed by atoms with Crippen molar-refractivity contribution in [1.82, 2.24) is 0 Å². The Bertz CT molecular complexity index is 844. The van der Waals surface area contributed by atoms with Crippen LogP contribution in [0, 0.1) is 12.8 Å². The highest BCUT2D eigenvalue weighted by Crippen LogP contribution is 2.28. The number of ether oxygens (including phenoxy) is 2. The number of rotatable bonds is 4. The first-order valence-electron chi connectivity index (χ1n) is 8.25. The number of anilines is 1. The maximum absolute atomic E-state index is 12.4. The van der Waals surface area contributed by atoms with Crippen LogP contribution in [0.3, 0.4) is 0 Å². The van der Waals surface area contributed by atoms with Gasteiger partial charge in [0.05, 0.1) is 18.6 Å². The zero-order valence-corrected chi connectivity index (χ0v) is 14.6. The van der Waals surface area contributed by atoms with E-state index in [1.165, 1.54) is 31.4 Å². The van der Waals surface area contributed by atoms with Crippen molar-refractivity contribution in [2.24, 2.45) is 5.92 Å². The van der Waals surface area contributed by atoms with Gasteiger partial charge < -0.3 is 14.4 Å². The number of para-hydroxylation sites is 1. The van der Waals surface area contributed by atoms with E-state index in [9.17, 15) is 14.4 Å². The lowest BCUT2D eigenvalue weighted by Gasteiger charge is -2.18. The van der Waals surface area contributed by atoms with E-state index in [0.717, 1.165) is 11.3 Å². The summed E-state index contributed by atoms with van der Waals surface area (Å²) in [6.45, 7) is 2.22. The van der Waals surface area contributed by atoms with Crippen molar-refractivity contribution in [3.63, 3.8) is 0 Å². The van der Waals surface area contributed by atoms with Gasteiger partial charge >= 0.3 is 11.9 Å². The van der Waals surface area contributed by atoms with E-state index >= 15 is 0 Å². The molecule has 3 rings (SSSR count). The molecule has 134 valence electrons. The molecule has 0 radical (unpaired) electrons. The summed E-state index contributed by atoms with van der Waals surface area (Å²) >= 11 is 0. The molecule has 0 aliphatic carbocycles. The zero-order valence-electron chi connectivity index (χ0n) is 14.6. The first-order chi connectivity index (χ1) is 12.5. The maximum atomic E-state index is 12.4. The molecule has 1 amide bonds. The number of amides is 1. The van der Waals surface area contributed by atoms with Crippen LogP contribution in [-0.4, -0.2) is 31.5 Å². The van der Waals surface area contributed by atoms with E-state index < -0.39 is 17.9 Å². The van der Waals surface area contributed by atoms with E-state index in [4.69, 9.17) is 4.74 Å². The SMILES string of the molecule is COC(=O)c1ccc(OC(=O)[C@@H]2CC(=O)N(c3ccccc3C)C2)cc1. The summed E-state index contributed by atoms with van der Waals surface area (Å²) in [7, 11) is 1.30. The minimum Gasteiger partial charge on any atom is -0.465 e. The average molecular weight is 353 g/mol. The van der Waals surface area contributed by atoms with E-state index in [0.29, 0.717) is 17.9 Å². The Morgan fingerprint density at radius 2 is 1.77 bits per heavy atom. The summed E-state index contributed by atoms with van der Waals surface area (Å²) in [5.74, 6) is -1.22. The molecule has 0 unspecified atom stereocenters. The molecular weight excluding hydrogens is 334 g/mol. The number of carbonyl (C=O) groups is 3. The quantitative estimate of drug-likeness (QED) is 0.624. The van der Waals surface area contributed by atoms with Crippen molar-refractivity contribution in [2.45, 2.75) is 13.3 Å². The number of benzene rings is 2. The van der Waals surface area contributed by atoms with Crippen LogP contribution in [0.25, 0.3) is 0 Å². The average Bonchev–Trinajstić information content (AvgIpc) is 3.04. The standard InChI is InChI=1S/C20H19NO5/c1-13-5-3-4-6-17(13)21-12-15(11-18(21)22)20(24)26-16-9-7-14(8-10-16)19(23)25-2/h3-10,15H,11-12H2,1-2H3/t15-/m1/s1. The molecule has 0 aromatic heterocycles. The van der Waals surface area contributed by atoms with Crippen LogP contribution in [0.4, 0.5) is 5.69 Å². The maximum Gasteiger partial charge on any atom is 0.337 e. The van der Waals surface area contributed by atoms with Crippen LogP contribution in [-0.2, 0) is 14.3 Å². The Labute approximate surface area is 151 Å². The molecular formula is C20H19NO5. The Kier molecular flexibility index (Phi) is 5.02. The highest BCUT2D eigenvalue weighted by molar-refractivity contribution is 6.00. The van der Waals surface area contributed by atoms with Crippen LogP contribution < -0.4 is 9.64 Å². The minimum atomic E-state index is -0.526. The fraction of sp³-hybridized carbons (Fsp3) is 0.250. The summed E-state index contributed by atoms with van der Waals surface area (Å²) in [5.41, 5.74) is 2.16. The van der Waals surface area contributed by atoms with Gasteiger partial charge in [0.15, 0.2) is 0 Å². The second-order valence-electron chi connectivity index (χ2n) is 6.13. The number of methoxy groups -OCH3 is 1. The number of aryl methyl sites for hydroxylation is 1. The molecule has 1 aliphatic rings. The summed E-state index contributed by atoms with van der Waals surface area (Å²) in [6.07, 6.45) is 0.118. The molecule has 6 nitrogen and oxygen atoms in total. The van der Waals surface area contributed by atoms with E-state index in [-0.39, 0.29) is 12.3 Å². The second-order valence-corrected chi connectivity index (χ2v) is 6.13. The highest BCUT2D eigenvalue weighted by atomic mass is 16.5. The molecule has 1 heterocycles. The van der Waals surface area contributed by atoms with Gasteiger partial charge in [0.2, 0.25) is 5.91 Å². The molecule has 1 aliphatic heterocycles. The van der Waals surface area contributed by atoms with Crippen molar-refractivity contribution in [3.05, 3.63) is 59.7 Å². The predicted molar refractivity (Wildman–Crippen MR) is 95.1 cm³/mol. The van der Waals surface area contributed by atoms with Gasteiger partial charge in [0, 0.05) is 18.7 Å². The number of nitrogens with zero attached hydrogens (tertiary/aromatic N) is 1. The largest absolute Gasteiger partial charge is 0.465 e. The molecule has 0 bridgehead atoms. The first kappa shape index (κ1) is 17.7. The predicted octanol–water partition coefficient (Wildman–Crippen LogP) is 2.74. The third-order valence-corrected chi connectivity index (χ3v) is 4.36.